The highest BCUT2D eigenvalue weighted by Crippen LogP contribution is 2.11. The van der Waals surface area contributed by atoms with Crippen molar-refractivity contribution < 1.29 is 0 Å². The van der Waals surface area contributed by atoms with Crippen molar-refractivity contribution >= 4 is 11.6 Å². The van der Waals surface area contributed by atoms with E-state index in [0.29, 0.717) is 11.6 Å². The van der Waals surface area contributed by atoms with Gasteiger partial charge < -0.3 is 0 Å². The lowest BCUT2D eigenvalue weighted by Gasteiger charge is -2.03. The van der Waals surface area contributed by atoms with Crippen LogP contribution in [0.1, 0.15) is 24.1 Å². The molecule has 3 nitrogen and oxygen atoms in total. The number of rotatable bonds is 3. The summed E-state index contributed by atoms with van der Waals surface area (Å²) in [4.78, 5) is 12.8. The second-order valence-corrected chi connectivity index (χ2v) is 3.84. The molecule has 0 N–H and O–H groups in total. The highest BCUT2D eigenvalue weighted by atomic mass is 35.5. The van der Waals surface area contributed by atoms with Crippen molar-refractivity contribution in [3.63, 3.8) is 0 Å². The minimum Gasteiger partial charge on any atom is -0.261 e. The molecule has 0 spiro atoms. The van der Waals surface area contributed by atoms with E-state index in [1.807, 2.05) is 25.1 Å². The second-order valence-electron chi connectivity index (χ2n) is 3.45. The van der Waals surface area contributed by atoms with Crippen LogP contribution in [0.2, 0.25) is 5.15 Å². The number of aryl methyl sites for hydroxylation is 1. The van der Waals surface area contributed by atoms with E-state index >= 15 is 0 Å². The molecule has 2 aromatic heterocycles. The van der Waals surface area contributed by atoms with E-state index in [9.17, 15) is 0 Å². The Morgan fingerprint density at radius 3 is 2.75 bits per heavy atom. The molecule has 82 valence electrons. The third-order valence-electron chi connectivity index (χ3n) is 2.20. The van der Waals surface area contributed by atoms with Crippen molar-refractivity contribution in [2.45, 2.75) is 19.8 Å². The van der Waals surface area contributed by atoms with Crippen molar-refractivity contribution in [2.75, 3.05) is 0 Å². The van der Waals surface area contributed by atoms with Crippen LogP contribution in [0.5, 0.6) is 0 Å². The smallest absolute Gasteiger partial charge is 0.133 e. The van der Waals surface area contributed by atoms with Crippen LogP contribution in [0.15, 0.2) is 30.5 Å². The van der Waals surface area contributed by atoms with Crippen LogP contribution in [0.4, 0.5) is 0 Å². The summed E-state index contributed by atoms with van der Waals surface area (Å²) >= 11 is 5.92. The fraction of sp³-hybridized carbons (Fsp3) is 0.250. The molecule has 4 heteroatoms. The molecular formula is C12H12ClN3. The SMILES string of the molecule is CCc1nc(Cl)cc(Cc2ccccn2)n1. The number of aromatic nitrogens is 3. The molecule has 0 bridgehead atoms. The highest BCUT2D eigenvalue weighted by Gasteiger charge is 2.03. The van der Waals surface area contributed by atoms with E-state index in [-0.39, 0.29) is 0 Å². The van der Waals surface area contributed by atoms with Crippen molar-refractivity contribution in [2.24, 2.45) is 0 Å². The molecule has 0 radical (unpaired) electrons. The van der Waals surface area contributed by atoms with Crippen molar-refractivity contribution in [1.82, 2.24) is 15.0 Å². The lowest BCUT2D eigenvalue weighted by Crippen LogP contribution is -2.00. The number of nitrogens with zero attached hydrogens (tertiary/aromatic N) is 3. The van der Waals surface area contributed by atoms with Crippen LogP contribution in [0.25, 0.3) is 0 Å². The molecule has 0 atom stereocenters. The molecule has 0 fully saturated rings. The van der Waals surface area contributed by atoms with Crippen LogP contribution in [-0.4, -0.2) is 15.0 Å². The molecular weight excluding hydrogens is 222 g/mol. The predicted molar refractivity (Wildman–Crippen MR) is 63.5 cm³/mol. The number of pyridine rings is 1. The molecule has 0 saturated carbocycles. The Morgan fingerprint density at radius 1 is 1.19 bits per heavy atom. The van der Waals surface area contributed by atoms with Gasteiger partial charge in [-0.2, -0.15) is 0 Å². The van der Waals surface area contributed by atoms with Crippen LogP contribution in [0, 0.1) is 0 Å². The minimum absolute atomic E-state index is 0.498. The first kappa shape index (κ1) is 11.0. The van der Waals surface area contributed by atoms with Gasteiger partial charge in [0, 0.05) is 24.7 Å². The number of halogens is 1. The summed E-state index contributed by atoms with van der Waals surface area (Å²) in [7, 11) is 0. The zero-order valence-electron chi connectivity index (χ0n) is 9.02. The first-order chi connectivity index (χ1) is 7.78. The average molecular weight is 234 g/mol. The van der Waals surface area contributed by atoms with Crippen LogP contribution >= 0.6 is 11.6 Å². The number of hydrogen-bond donors (Lipinski definition) is 0. The Morgan fingerprint density at radius 2 is 2.06 bits per heavy atom. The van der Waals surface area contributed by atoms with E-state index in [4.69, 9.17) is 11.6 Å². The summed E-state index contributed by atoms with van der Waals surface area (Å²) in [5.74, 6) is 0.776. The van der Waals surface area contributed by atoms with E-state index in [1.54, 1.807) is 12.3 Å². The fourth-order valence-electron chi connectivity index (χ4n) is 1.45. The normalized spacial score (nSPS) is 10.4. The largest absolute Gasteiger partial charge is 0.261 e. The molecule has 16 heavy (non-hydrogen) atoms. The fourth-order valence-corrected chi connectivity index (χ4v) is 1.68. The number of hydrogen-bond acceptors (Lipinski definition) is 3. The van der Waals surface area contributed by atoms with Crippen molar-refractivity contribution in [1.29, 1.82) is 0 Å². The van der Waals surface area contributed by atoms with Gasteiger partial charge >= 0.3 is 0 Å². The second kappa shape index (κ2) is 5.03. The average Bonchev–Trinajstić information content (AvgIpc) is 2.29. The lowest BCUT2D eigenvalue weighted by molar-refractivity contribution is 0.888. The monoisotopic (exact) mass is 233 g/mol. The third kappa shape index (κ3) is 2.76. The van der Waals surface area contributed by atoms with Crippen LogP contribution in [0.3, 0.4) is 0 Å². The molecule has 0 aromatic carbocycles. The minimum atomic E-state index is 0.498. The lowest BCUT2D eigenvalue weighted by atomic mass is 10.2. The summed E-state index contributed by atoms with van der Waals surface area (Å²) in [5, 5.41) is 0.498. The van der Waals surface area contributed by atoms with Gasteiger partial charge in [-0.15, -0.1) is 0 Å². The van der Waals surface area contributed by atoms with Gasteiger partial charge in [0.2, 0.25) is 0 Å². The summed E-state index contributed by atoms with van der Waals surface area (Å²) in [6.07, 6.45) is 3.25. The molecule has 2 aromatic rings. The van der Waals surface area contributed by atoms with Gasteiger partial charge in [0.05, 0.1) is 5.69 Å². The van der Waals surface area contributed by atoms with E-state index in [2.05, 4.69) is 15.0 Å². The Kier molecular flexibility index (Phi) is 3.47. The molecule has 0 unspecified atom stereocenters. The molecule has 2 rings (SSSR count). The molecule has 0 aliphatic rings. The summed E-state index contributed by atoms with van der Waals surface area (Å²) in [6, 6.07) is 7.62. The van der Waals surface area contributed by atoms with Gasteiger partial charge in [-0.25, -0.2) is 9.97 Å². The Labute approximate surface area is 99.5 Å². The molecule has 0 aliphatic heterocycles. The zero-order valence-corrected chi connectivity index (χ0v) is 9.78. The van der Waals surface area contributed by atoms with Crippen LogP contribution < -0.4 is 0 Å². The molecule has 0 amide bonds. The Hall–Kier alpha value is -1.48. The van der Waals surface area contributed by atoms with Gasteiger partial charge in [-0.3, -0.25) is 4.98 Å². The molecule has 0 saturated heterocycles. The van der Waals surface area contributed by atoms with Gasteiger partial charge in [-0.05, 0) is 18.2 Å². The predicted octanol–water partition coefficient (Wildman–Crippen LogP) is 2.68. The Balaban J connectivity index is 2.24. The van der Waals surface area contributed by atoms with Crippen LogP contribution in [-0.2, 0) is 12.8 Å². The van der Waals surface area contributed by atoms with Crippen molar-refractivity contribution in [3.8, 4) is 0 Å². The van der Waals surface area contributed by atoms with Gasteiger partial charge in [0.15, 0.2) is 0 Å². The molecule has 0 aliphatic carbocycles. The first-order valence-corrected chi connectivity index (χ1v) is 5.58. The van der Waals surface area contributed by atoms with E-state index in [0.717, 1.165) is 23.6 Å². The third-order valence-corrected chi connectivity index (χ3v) is 2.39. The molecule has 2 heterocycles. The first-order valence-electron chi connectivity index (χ1n) is 5.20. The maximum absolute atomic E-state index is 5.92. The topological polar surface area (TPSA) is 38.7 Å². The standard InChI is InChI=1S/C12H12ClN3/c1-2-12-15-10(8-11(13)16-12)7-9-5-3-4-6-14-9/h3-6,8H,2,7H2,1H3. The quantitative estimate of drug-likeness (QED) is 0.766. The maximum Gasteiger partial charge on any atom is 0.133 e. The van der Waals surface area contributed by atoms with Gasteiger partial charge in [-0.1, -0.05) is 24.6 Å². The zero-order chi connectivity index (χ0) is 11.4. The highest BCUT2D eigenvalue weighted by molar-refractivity contribution is 6.29. The van der Waals surface area contributed by atoms with Crippen molar-refractivity contribution in [3.05, 3.63) is 52.8 Å². The maximum atomic E-state index is 5.92. The summed E-state index contributed by atoms with van der Waals surface area (Å²) < 4.78 is 0. The van der Waals surface area contributed by atoms with E-state index < -0.39 is 0 Å². The summed E-state index contributed by atoms with van der Waals surface area (Å²) in [6.45, 7) is 2.01. The Bertz CT molecular complexity index is 471. The van der Waals surface area contributed by atoms with Gasteiger partial charge in [0.25, 0.3) is 0 Å². The summed E-state index contributed by atoms with van der Waals surface area (Å²) in [5.41, 5.74) is 1.90. The van der Waals surface area contributed by atoms with Gasteiger partial charge in [0.1, 0.15) is 11.0 Å². The van der Waals surface area contributed by atoms with E-state index in [1.165, 1.54) is 0 Å².